The van der Waals surface area contributed by atoms with Crippen LogP contribution in [0.1, 0.15) is 57.3 Å². The number of hydrogen-bond donors (Lipinski definition) is 0. The van der Waals surface area contributed by atoms with Crippen LogP contribution in [0.2, 0.25) is 0 Å². The zero-order chi connectivity index (χ0) is 15.4. The summed E-state index contributed by atoms with van der Waals surface area (Å²) >= 11 is 3.42. The van der Waals surface area contributed by atoms with Crippen molar-refractivity contribution < 1.29 is 4.74 Å². The van der Waals surface area contributed by atoms with E-state index in [0.717, 1.165) is 22.6 Å². The Kier molecular flexibility index (Phi) is 5.34. The summed E-state index contributed by atoms with van der Waals surface area (Å²) in [5.74, 6) is 2.94. The molecule has 0 saturated heterocycles. The van der Waals surface area contributed by atoms with Gasteiger partial charge in [-0.2, -0.15) is 4.98 Å². The number of para-hydroxylation sites is 1. The number of rotatable bonds is 5. The maximum absolute atomic E-state index is 6.02. The number of halogens is 1. The van der Waals surface area contributed by atoms with E-state index in [1.54, 1.807) is 6.07 Å². The molecule has 0 saturated carbocycles. The molecule has 1 heterocycles. The molecule has 21 heavy (non-hydrogen) atoms. The molecule has 0 N–H and O–H groups in total. The fourth-order valence-corrected chi connectivity index (χ4v) is 2.41. The maximum Gasteiger partial charge on any atom is 0.223 e. The predicted octanol–water partition coefficient (Wildman–Crippen LogP) is 5.67. The zero-order valence-electron chi connectivity index (χ0n) is 12.9. The number of nitrogens with zero attached hydrogens (tertiary/aromatic N) is 2. The molecule has 0 amide bonds. The van der Waals surface area contributed by atoms with Crippen LogP contribution in [0.5, 0.6) is 11.6 Å². The summed E-state index contributed by atoms with van der Waals surface area (Å²) in [5, 5.41) is 0. The minimum absolute atomic E-state index is 0.259. The Morgan fingerprint density at radius 2 is 1.86 bits per heavy atom. The van der Waals surface area contributed by atoms with Gasteiger partial charge in [0.2, 0.25) is 5.88 Å². The van der Waals surface area contributed by atoms with Crippen molar-refractivity contribution in [2.75, 3.05) is 0 Å². The van der Waals surface area contributed by atoms with Crippen LogP contribution < -0.4 is 4.74 Å². The SMILES string of the molecule is CCC(C)c1ccccc1Oc1cc(Br)nc(C(C)C)n1. The first kappa shape index (κ1) is 16.0. The molecular weight excluding hydrogens is 328 g/mol. The second-order valence-electron chi connectivity index (χ2n) is 5.49. The van der Waals surface area contributed by atoms with E-state index in [9.17, 15) is 0 Å². The highest BCUT2D eigenvalue weighted by molar-refractivity contribution is 9.10. The Balaban J connectivity index is 2.34. The van der Waals surface area contributed by atoms with Gasteiger partial charge in [-0.15, -0.1) is 0 Å². The van der Waals surface area contributed by atoms with Gasteiger partial charge in [0.1, 0.15) is 16.2 Å². The first-order valence-corrected chi connectivity index (χ1v) is 8.11. The van der Waals surface area contributed by atoms with E-state index in [1.807, 2.05) is 18.2 Å². The normalized spacial score (nSPS) is 12.5. The highest BCUT2D eigenvalue weighted by atomic mass is 79.9. The van der Waals surface area contributed by atoms with Crippen LogP contribution in [0, 0.1) is 0 Å². The van der Waals surface area contributed by atoms with Crippen molar-refractivity contribution >= 4 is 15.9 Å². The van der Waals surface area contributed by atoms with E-state index in [-0.39, 0.29) is 5.92 Å². The molecule has 0 radical (unpaired) electrons. The molecule has 3 nitrogen and oxygen atoms in total. The van der Waals surface area contributed by atoms with Crippen molar-refractivity contribution in [2.45, 2.75) is 46.0 Å². The van der Waals surface area contributed by atoms with Crippen molar-refractivity contribution in [3.8, 4) is 11.6 Å². The lowest BCUT2D eigenvalue weighted by Gasteiger charge is -2.15. The van der Waals surface area contributed by atoms with Crippen molar-refractivity contribution in [1.29, 1.82) is 0 Å². The molecule has 0 aliphatic rings. The molecule has 4 heteroatoms. The highest BCUT2D eigenvalue weighted by Crippen LogP contribution is 2.32. The van der Waals surface area contributed by atoms with E-state index >= 15 is 0 Å². The molecule has 0 spiro atoms. The molecule has 1 unspecified atom stereocenters. The van der Waals surface area contributed by atoms with Gasteiger partial charge in [-0.25, -0.2) is 4.98 Å². The maximum atomic E-state index is 6.02. The van der Waals surface area contributed by atoms with Gasteiger partial charge in [0, 0.05) is 12.0 Å². The third kappa shape index (κ3) is 4.03. The van der Waals surface area contributed by atoms with Crippen LogP contribution in [0.15, 0.2) is 34.9 Å². The Morgan fingerprint density at radius 3 is 2.52 bits per heavy atom. The van der Waals surface area contributed by atoms with E-state index in [4.69, 9.17) is 4.74 Å². The van der Waals surface area contributed by atoms with E-state index < -0.39 is 0 Å². The Hall–Kier alpha value is -1.42. The average Bonchev–Trinajstić information content (AvgIpc) is 2.46. The molecule has 0 bridgehead atoms. The molecule has 2 rings (SSSR count). The highest BCUT2D eigenvalue weighted by Gasteiger charge is 2.13. The lowest BCUT2D eigenvalue weighted by Crippen LogP contribution is -2.01. The Morgan fingerprint density at radius 1 is 1.14 bits per heavy atom. The van der Waals surface area contributed by atoms with Crippen LogP contribution in [0.25, 0.3) is 0 Å². The van der Waals surface area contributed by atoms with Gasteiger partial charge in [-0.1, -0.05) is 45.9 Å². The summed E-state index contributed by atoms with van der Waals surface area (Å²) in [5.41, 5.74) is 1.21. The first-order valence-electron chi connectivity index (χ1n) is 7.32. The van der Waals surface area contributed by atoms with Gasteiger partial charge >= 0.3 is 0 Å². The lowest BCUT2D eigenvalue weighted by molar-refractivity contribution is 0.446. The molecule has 1 atom stereocenters. The second-order valence-corrected chi connectivity index (χ2v) is 6.30. The first-order chi connectivity index (χ1) is 10.0. The summed E-state index contributed by atoms with van der Waals surface area (Å²) < 4.78 is 6.77. The quantitative estimate of drug-likeness (QED) is 0.653. The van der Waals surface area contributed by atoms with E-state index in [0.29, 0.717) is 11.8 Å². The molecule has 2 aromatic rings. The third-order valence-electron chi connectivity index (χ3n) is 3.48. The molecule has 0 fully saturated rings. The number of aromatic nitrogens is 2. The fraction of sp³-hybridized carbons (Fsp3) is 0.412. The topological polar surface area (TPSA) is 35.0 Å². The molecule has 0 aliphatic carbocycles. The van der Waals surface area contributed by atoms with Gasteiger partial charge in [-0.05, 0) is 39.9 Å². The summed E-state index contributed by atoms with van der Waals surface area (Å²) in [4.78, 5) is 8.87. The van der Waals surface area contributed by atoms with Crippen LogP contribution in [0.3, 0.4) is 0 Å². The van der Waals surface area contributed by atoms with Gasteiger partial charge in [0.25, 0.3) is 0 Å². The van der Waals surface area contributed by atoms with Crippen molar-refractivity contribution in [2.24, 2.45) is 0 Å². The Bertz CT molecular complexity index is 613. The van der Waals surface area contributed by atoms with Gasteiger partial charge < -0.3 is 4.74 Å². The van der Waals surface area contributed by atoms with Crippen LogP contribution >= 0.6 is 15.9 Å². The molecule has 0 aliphatic heterocycles. The smallest absolute Gasteiger partial charge is 0.223 e. The minimum Gasteiger partial charge on any atom is -0.439 e. The summed E-state index contributed by atoms with van der Waals surface area (Å²) in [6.07, 6.45) is 1.07. The predicted molar refractivity (Wildman–Crippen MR) is 89.0 cm³/mol. The van der Waals surface area contributed by atoms with Gasteiger partial charge in [-0.3, -0.25) is 0 Å². The fourth-order valence-electron chi connectivity index (χ4n) is 2.04. The lowest BCUT2D eigenvalue weighted by atomic mass is 9.98. The van der Waals surface area contributed by atoms with Gasteiger partial charge in [0.05, 0.1) is 0 Å². The molecule has 1 aromatic carbocycles. The number of benzene rings is 1. The largest absolute Gasteiger partial charge is 0.439 e. The van der Waals surface area contributed by atoms with Crippen molar-refractivity contribution in [3.63, 3.8) is 0 Å². The third-order valence-corrected chi connectivity index (χ3v) is 3.89. The average molecular weight is 349 g/mol. The minimum atomic E-state index is 0.259. The monoisotopic (exact) mass is 348 g/mol. The van der Waals surface area contributed by atoms with Gasteiger partial charge in [0.15, 0.2) is 0 Å². The van der Waals surface area contributed by atoms with Crippen molar-refractivity contribution in [3.05, 3.63) is 46.3 Å². The molecule has 1 aromatic heterocycles. The number of hydrogen-bond acceptors (Lipinski definition) is 3. The van der Waals surface area contributed by atoms with Crippen LogP contribution in [-0.4, -0.2) is 9.97 Å². The van der Waals surface area contributed by atoms with E-state index in [1.165, 1.54) is 5.56 Å². The summed E-state index contributed by atoms with van der Waals surface area (Å²) in [6.45, 7) is 8.52. The van der Waals surface area contributed by atoms with Crippen LogP contribution in [0.4, 0.5) is 0 Å². The standard InChI is InChI=1S/C17H21BrN2O/c1-5-12(4)13-8-6-7-9-14(13)21-16-10-15(18)19-17(20-16)11(2)3/h6-12H,5H2,1-4H3. The summed E-state index contributed by atoms with van der Waals surface area (Å²) in [6, 6.07) is 9.94. The van der Waals surface area contributed by atoms with Crippen molar-refractivity contribution in [1.82, 2.24) is 9.97 Å². The summed E-state index contributed by atoms with van der Waals surface area (Å²) in [7, 11) is 0. The zero-order valence-corrected chi connectivity index (χ0v) is 14.5. The Labute approximate surface area is 134 Å². The van der Waals surface area contributed by atoms with E-state index in [2.05, 4.69) is 59.7 Å². The molecule has 112 valence electrons. The number of ether oxygens (including phenoxy) is 1. The second kappa shape index (κ2) is 7.03. The van der Waals surface area contributed by atoms with Crippen LogP contribution in [-0.2, 0) is 0 Å². The molecular formula is C17H21BrN2O.